The molecular weight excluding hydrogens is 376 g/mol. The second-order valence-corrected chi connectivity index (χ2v) is 9.91. The van der Waals surface area contributed by atoms with Gasteiger partial charge in [0.05, 0.1) is 28.3 Å². The first kappa shape index (κ1) is 18.4. The van der Waals surface area contributed by atoms with Gasteiger partial charge < -0.3 is 5.32 Å². The van der Waals surface area contributed by atoms with Crippen molar-refractivity contribution in [3.05, 3.63) is 45.5 Å². The first-order valence-electron chi connectivity index (χ1n) is 9.24. The van der Waals surface area contributed by atoms with Gasteiger partial charge in [-0.1, -0.05) is 6.07 Å². The number of thiophene rings is 1. The van der Waals surface area contributed by atoms with E-state index in [9.17, 15) is 4.79 Å². The number of amides is 1. The van der Waals surface area contributed by atoms with Crippen molar-refractivity contribution in [3.63, 3.8) is 0 Å². The molecule has 142 valence electrons. The zero-order valence-electron chi connectivity index (χ0n) is 16.1. The summed E-state index contributed by atoms with van der Waals surface area (Å²) in [6.45, 7) is 8.40. The SMILES string of the molecule is Cc1nc(-c2cccs2)sc1C(=O)NC1CCCc2c1cnn2C(C)(C)C. The molecule has 1 amide bonds. The van der Waals surface area contributed by atoms with Crippen LogP contribution in [0.4, 0.5) is 0 Å². The van der Waals surface area contributed by atoms with Crippen LogP contribution < -0.4 is 5.32 Å². The van der Waals surface area contributed by atoms with Gasteiger partial charge in [-0.25, -0.2) is 4.98 Å². The van der Waals surface area contributed by atoms with Gasteiger partial charge >= 0.3 is 0 Å². The summed E-state index contributed by atoms with van der Waals surface area (Å²) in [7, 11) is 0. The van der Waals surface area contributed by atoms with Gasteiger partial charge in [-0.2, -0.15) is 5.10 Å². The minimum absolute atomic E-state index is 0.0176. The Hall–Kier alpha value is -1.99. The lowest BCUT2D eigenvalue weighted by molar-refractivity contribution is 0.0936. The molecule has 1 aliphatic carbocycles. The molecule has 3 aromatic heterocycles. The molecule has 5 nitrogen and oxygen atoms in total. The Balaban J connectivity index is 1.58. The second-order valence-electron chi connectivity index (χ2n) is 7.96. The van der Waals surface area contributed by atoms with Gasteiger partial charge in [0.15, 0.2) is 0 Å². The summed E-state index contributed by atoms with van der Waals surface area (Å²) >= 11 is 3.12. The molecule has 0 bridgehead atoms. The second kappa shape index (κ2) is 6.87. The molecule has 0 radical (unpaired) electrons. The highest BCUT2D eigenvalue weighted by atomic mass is 32.1. The van der Waals surface area contributed by atoms with Crippen LogP contribution in [-0.2, 0) is 12.0 Å². The Labute approximate surface area is 167 Å². The molecule has 1 atom stereocenters. The van der Waals surface area contributed by atoms with E-state index in [1.54, 1.807) is 11.3 Å². The van der Waals surface area contributed by atoms with E-state index in [0.717, 1.165) is 40.4 Å². The third kappa shape index (κ3) is 3.46. The molecule has 0 saturated carbocycles. The normalized spacial score (nSPS) is 17.0. The minimum atomic E-state index is -0.0522. The van der Waals surface area contributed by atoms with Crippen LogP contribution in [0.25, 0.3) is 9.88 Å². The van der Waals surface area contributed by atoms with E-state index in [0.29, 0.717) is 4.88 Å². The summed E-state index contributed by atoms with van der Waals surface area (Å²) in [5.74, 6) is -0.0332. The first-order valence-corrected chi connectivity index (χ1v) is 10.9. The van der Waals surface area contributed by atoms with Gasteiger partial charge in [-0.3, -0.25) is 9.48 Å². The quantitative estimate of drug-likeness (QED) is 0.677. The molecule has 0 saturated heterocycles. The summed E-state index contributed by atoms with van der Waals surface area (Å²) in [6.07, 6.45) is 4.95. The number of hydrogen-bond acceptors (Lipinski definition) is 5. The molecule has 7 heteroatoms. The number of nitrogens with zero attached hydrogens (tertiary/aromatic N) is 3. The van der Waals surface area contributed by atoms with E-state index in [1.807, 2.05) is 30.6 Å². The van der Waals surface area contributed by atoms with Crippen molar-refractivity contribution in [2.45, 2.75) is 58.5 Å². The first-order chi connectivity index (χ1) is 12.8. The largest absolute Gasteiger partial charge is 0.344 e. The monoisotopic (exact) mass is 400 g/mol. The average molecular weight is 401 g/mol. The molecule has 27 heavy (non-hydrogen) atoms. The van der Waals surface area contributed by atoms with Crippen molar-refractivity contribution in [1.82, 2.24) is 20.1 Å². The van der Waals surface area contributed by atoms with Crippen LogP contribution in [0.3, 0.4) is 0 Å². The molecule has 0 spiro atoms. The number of fused-ring (bicyclic) bond motifs is 1. The minimum Gasteiger partial charge on any atom is -0.344 e. The summed E-state index contributed by atoms with van der Waals surface area (Å²) in [4.78, 5) is 19.4. The van der Waals surface area contributed by atoms with Crippen LogP contribution in [0.2, 0.25) is 0 Å². The van der Waals surface area contributed by atoms with Gasteiger partial charge in [0.1, 0.15) is 9.88 Å². The van der Waals surface area contributed by atoms with Crippen molar-refractivity contribution in [2.75, 3.05) is 0 Å². The van der Waals surface area contributed by atoms with Gasteiger partial charge in [-0.05, 0) is 58.4 Å². The van der Waals surface area contributed by atoms with E-state index in [2.05, 4.69) is 40.9 Å². The lowest BCUT2D eigenvalue weighted by Crippen LogP contribution is -2.32. The van der Waals surface area contributed by atoms with Crippen molar-refractivity contribution >= 4 is 28.6 Å². The molecule has 3 aromatic rings. The topological polar surface area (TPSA) is 59.8 Å². The molecule has 1 aliphatic rings. The number of thiazole rings is 1. The van der Waals surface area contributed by atoms with E-state index >= 15 is 0 Å². The third-order valence-electron chi connectivity index (χ3n) is 4.86. The van der Waals surface area contributed by atoms with Crippen LogP contribution in [-0.4, -0.2) is 20.7 Å². The summed E-state index contributed by atoms with van der Waals surface area (Å²) < 4.78 is 2.10. The zero-order chi connectivity index (χ0) is 19.2. The lowest BCUT2D eigenvalue weighted by Gasteiger charge is -2.28. The molecule has 0 aliphatic heterocycles. The Kier molecular flexibility index (Phi) is 4.68. The van der Waals surface area contributed by atoms with Crippen LogP contribution in [0.5, 0.6) is 0 Å². The molecule has 4 rings (SSSR count). The van der Waals surface area contributed by atoms with E-state index in [1.165, 1.54) is 17.0 Å². The van der Waals surface area contributed by atoms with E-state index < -0.39 is 0 Å². The van der Waals surface area contributed by atoms with E-state index in [4.69, 9.17) is 0 Å². The highest BCUT2D eigenvalue weighted by Crippen LogP contribution is 2.34. The van der Waals surface area contributed by atoms with Gasteiger partial charge in [0.2, 0.25) is 0 Å². The number of nitrogens with one attached hydrogen (secondary N) is 1. The maximum absolute atomic E-state index is 13.0. The third-order valence-corrected chi connectivity index (χ3v) is 7.05. The Morgan fingerprint density at radius 1 is 1.37 bits per heavy atom. The molecular formula is C20H24N4OS2. The Morgan fingerprint density at radius 3 is 2.89 bits per heavy atom. The number of hydrogen-bond donors (Lipinski definition) is 1. The van der Waals surface area contributed by atoms with E-state index in [-0.39, 0.29) is 17.5 Å². The molecule has 0 aromatic carbocycles. The van der Waals surface area contributed by atoms with Crippen LogP contribution in [0.15, 0.2) is 23.7 Å². The summed E-state index contributed by atoms with van der Waals surface area (Å²) in [6, 6.07) is 4.07. The van der Waals surface area contributed by atoms with Gasteiger partial charge in [0, 0.05) is 11.3 Å². The van der Waals surface area contributed by atoms with Gasteiger partial charge in [0.25, 0.3) is 5.91 Å². The fourth-order valence-corrected chi connectivity index (χ4v) is 5.39. The maximum atomic E-state index is 13.0. The number of aryl methyl sites for hydroxylation is 1. The Morgan fingerprint density at radius 2 is 2.19 bits per heavy atom. The van der Waals surface area contributed by atoms with Crippen LogP contribution in [0, 0.1) is 6.92 Å². The number of carbonyl (C=O) groups is 1. The number of carbonyl (C=O) groups excluding carboxylic acids is 1. The van der Waals surface area contributed by atoms with Crippen LogP contribution >= 0.6 is 22.7 Å². The maximum Gasteiger partial charge on any atom is 0.263 e. The highest BCUT2D eigenvalue weighted by Gasteiger charge is 2.30. The van der Waals surface area contributed by atoms with Crippen LogP contribution in [0.1, 0.15) is 66.3 Å². The predicted octanol–water partition coefficient (Wildman–Crippen LogP) is 4.94. The number of rotatable bonds is 3. The smallest absolute Gasteiger partial charge is 0.263 e. The molecule has 1 unspecified atom stereocenters. The lowest BCUT2D eigenvalue weighted by atomic mass is 9.92. The predicted molar refractivity (Wildman–Crippen MR) is 111 cm³/mol. The fourth-order valence-electron chi connectivity index (χ4n) is 3.62. The summed E-state index contributed by atoms with van der Waals surface area (Å²) in [5.41, 5.74) is 3.15. The number of aromatic nitrogens is 3. The zero-order valence-corrected chi connectivity index (χ0v) is 17.7. The summed E-state index contributed by atoms with van der Waals surface area (Å²) in [5, 5.41) is 10.8. The van der Waals surface area contributed by atoms with Crippen molar-refractivity contribution in [1.29, 1.82) is 0 Å². The van der Waals surface area contributed by atoms with Crippen molar-refractivity contribution in [2.24, 2.45) is 0 Å². The van der Waals surface area contributed by atoms with Crippen molar-refractivity contribution < 1.29 is 4.79 Å². The molecule has 0 fully saturated rings. The Bertz CT molecular complexity index is 963. The van der Waals surface area contributed by atoms with Gasteiger partial charge in [-0.15, -0.1) is 22.7 Å². The molecule has 1 N–H and O–H groups in total. The average Bonchev–Trinajstić information content (AvgIpc) is 3.33. The highest BCUT2D eigenvalue weighted by molar-refractivity contribution is 7.22. The van der Waals surface area contributed by atoms with Crippen molar-refractivity contribution in [3.8, 4) is 9.88 Å². The fraction of sp³-hybridized carbons (Fsp3) is 0.450. The molecule has 3 heterocycles. The standard InChI is InChI=1S/C20H24N4OS2/c1-12-17(27-19(22-12)16-9-6-10-26-16)18(25)23-14-7-5-8-15-13(14)11-21-24(15)20(2,3)4/h6,9-11,14H,5,7-8H2,1-4H3,(H,23,25).